The van der Waals surface area contributed by atoms with E-state index in [0.717, 1.165) is 43.0 Å². The first kappa shape index (κ1) is 18.9. The van der Waals surface area contributed by atoms with Gasteiger partial charge in [-0.05, 0) is 63.5 Å². The highest BCUT2D eigenvalue weighted by molar-refractivity contribution is 5.59. The average molecular weight is 377 g/mol. The number of aliphatic hydroxyl groups is 1. The van der Waals surface area contributed by atoms with Crippen molar-refractivity contribution in [2.45, 2.75) is 44.2 Å². The lowest BCUT2D eigenvalue weighted by molar-refractivity contribution is 0.0166. The Morgan fingerprint density at radius 3 is 2.54 bits per heavy atom. The SMILES string of the molecule is Cc1cc(C)c(C#N)c(N2CCC3(CC2)c2ccccc2[C@@H](N(C)C)[C@@H]3O)n1. The molecular formula is C23H28N4O. The van der Waals surface area contributed by atoms with Crippen molar-refractivity contribution in [2.24, 2.45) is 0 Å². The molecule has 0 bridgehead atoms. The second-order valence-electron chi connectivity index (χ2n) is 8.47. The number of piperidine rings is 1. The molecule has 1 aromatic carbocycles. The Labute approximate surface area is 167 Å². The third-order valence-electron chi connectivity index (χ3n) is 6.63. The number of pyridine rings is 1. The van der Waals surface area contributed by atoms with Crippen LogP contribution in [-0.2, 0) is 5.41 Å². The summed E-state index contributed by atoms with van der Waals surface area (Å²) in [4.78, 5) is 9.04. The van der Waals surface area contributed by atoms with Crippen molar-refractivity contribution in [2.75, 3.05) is 32.1 Å². The second kappa shape index (κ2) is 6.88. The zero-order valence-corrected chi connectivity index (χ0v) is 17.1. The molecule has 1 spiro atoms. The summed E-state index contributed by atoms with van der Waals surface area (Å²) in [5.74, 6) is 0.791. The summed E-state index contributed by atoms with van der Waals surface area (Å²) < 4.78 is 0. The number of benzene rings is 1. The molecule has 1 saturated heterocycles. The van der Waals surface area contributed by atoms with E-state index in [0.29, 0.717) is 5.56 Å². The van der Waals surface area contributed by atoms with Crippen LogP contribution < -0.4 is 4.90 Å². The molecule has 2 aromatic rings. The summed E-state index contributed by atoms with van der Waals surface area (Å²) in [6.07, 6.45) is 1.29. The smallest absolute Gasteiger partial charge is 0.147 e. The molecule has 1 aliphatic carbocycles. The molecule has 1 fully saturated rings. The normalized spacial score (nSPS) is 23.1. The van der Waals surface area contributed by atoms with Crippen molar-refractivity contribution < 1.29 is 5.11 Å². The number of aliphatic hydroxyl groups excluding tert-OH is 1. The van der Waals surface area contributed by atoms with E-state index in [1.807, 2.05) is 34.0 Å². The van der Waals surface area contributed by atoms with Gasteiger partial charge in [-0.1, -0.05) is 24.3 Å². The lowest BCUT2D eigenvalue weighted by Gasteiger charge is -2.44. The maximum Gasteiger partial charge on any atom is 0.147 e. The molecule has 5 nitrogen and oxygen atoms in total. The van der Waals surface area contributed by atoms with Crippen LogP contribution in [-0.4, -0.2) is 48.3 Å². The van der Waals surface area contributed by atoms with E-state index in [2.05, 4.69) is 45.1 Å². The summed E-state index contributed by atoms with van der Waals surface area (Å²) in [6.45, 7) is 5.52. The Hall–Kier alpha value is -2.42. The van der Waals surface area contributed by atoms with Crippen molar-refractivity contribution in [1.82, 2.24) is 9.88 Å². The number of likely N-dealkylation sites (N-methyl/N-ethyl adjacent to an activating group) is 1. The Morgan fingerprint density at radius 2 is 1.89 bits per heavy atom. The fourth-order valence-corrected chi connectivity index (χ4v) is 5.27. The molecule has 2 heterocycles. The predicted molar refractivity (Wildman–Crippen MR) is 110 cm³/mol. The van der Waals surface area contributed by atoms with Gasteiger partial charge in [-0.15, -0.1) is 0 Å². The zero-order chi connectivity index (χ0) is 20.1. The van der Waals surface area contributed by atoms with Crippen LogP contribution in [0.25, 0.3) is 0 Å². The summed E-state index contributed by atoms with van der Waals surface area (Å²) in [5, 5.41) is 21.0. The van der Waals surface area contributed by atoms with Crippen LogP contribution in [0.2, 0.25) is 0 Å². The summed E-state index contributed by atoms with van der Waals surface area (Å²) in [6, 6.07) is 12.8. The first-order valence-corrected chi connectivity index (χ1v) is 9.96. The van der Waals surface area contributed by atoms with E-state index in [9.17, 15) is 10.4 Å². The monoisotopic (exact) mass is 376 g/mol. The van der Waals surface area contributed by atoms with Crippen molar-refractivity contribution in [3.63, 3.8) is 0 Å². The molecule has 0 amide bonds. The molecule has 0 radical (unpaired) electrons. The highest BCUT2D eigenvalue weighted by Gasteiger charge is 2.53. The van der Waals surface area contributed by atoms with E-state index < -0.39 is 6.10 Å². The van der Waals surface area contributed by atoms with Gasteiger partial charge in [0.05, 0.1) is 17.7 Å². The molecule has 0 unspecified atom stereocenters. The number of anilines is 1. The minimum atomic E-state index is -0.426. The number of aromatic nitrogens is 1. The summed E-state index contributed by atoms with van der Waals surface area (Å²) in [5.41, 5.74) is 4.88. The molecule has 1 N–H and O–H groups in total. The standard InChI is InChI=1S/C23H28N4O/c1-15-13-16(2)25-22(18(15)14-24)27-11-9-23(10-12-27)19-8-6-5-7-17(19)20(21(23)28)26(3)4/h5-8,13,20-21,28H,9-12H2,1-4H3/t20-,21+/m1/s1. The maximum absolute atomic E-state index is 11.4. The van der Waals surface area contributed by atoms with Gasteiger partial charge in [-0.3, -0.25) is 0 Å². The van der Waals surface area contributed by atoms with E-state index >= 15 is 0 Å². The molecule has 2 aliphatic rings. The maximum atomic E-state index is 11.4. The number of rotatable bonds is 2. The number of hydrogen-bond donors (Lipinski definition) is 1. The van der Waals surface area contributed by atoms with Gasteiger partial charge in [0.25, 0.3) is 0 Å². The van der Waals surface area contributed by atoms with Gasteiger partial charge >= 0.3 is 0 Å². The van der Waals surface area contributed by atoms with Crippen LogP contribution >= 0.6 is 0 Å². The van der Waals surface area contributed by atoms with E-state index in [1.165, 1.54) is 11.1 Å². The molecule has 5 heteroatoms. The van der Waals surface area contributed by atoms with E-state index in [4.69, 9.17) is 0 Å². The quantitative estimate of drug-likeness (QED) is 0.873. The van der Waals surface area contributed by atoms with Crippen LogP contribution in [0.4, 0.5) is 5.82 Å². The van der Waals surface area contributed by atoms with Crippen molar-refractivity contribution >= 4 is 5.82 Å². The van der Waals surface area contributed by atoms with Gasteiger partial charge in [0.2, 0.25) is 0 Å². The summed E-state index contributed by atoms with van der Waals surface area (Å²) in [7, 11) is 4.08. The largest absolute Gasteiger partial charge is 0.390 e. The number of aryl methyl sites for hydroxylation is 2. The predicted octanol–water partition coefficient (Wildman–Crippen LogP) is 3.09. The van der Waals surface area contributed by atoms with Crippen LogP contribution in [0.1, 0.15) is 46.8 Å². The number of nitrogens with zero attached hydrogens (tertiary/aromatic N) is 4. The molecule has 1 aromatic heterocycles. The number of fused-ring (bicyclic) bond motifs is 2. The summed E-state index contributed by atoms with van der Waals surface area (Å²) >= 11 is 0. The van der Waals surface area contributed by atoms with E-state index in [1.54, 1.807) is 0 Å². The lowest BCUT2D eigenvalue weighted by Crippen LogP contribution is -2.49. The molecule has 2 atom stereocenters. The highest BCUT2D eigenvalue weighted by atomic mass is 16.3. The Bertz CT molecular complexity index is 938. The third kappa shape index (κ3) is 2.71. The van der Waals surface area contributed by atoms with Crippen LogP contribution in [0.3, 0.4) is 0 Å². The van der Waals surface area contributed by atoms with E-state index in [-0.39, 0.29) is 11.5 Å². The van der Waals surface area contributed by atoms with Crippen molar-refractivity contribution in [1.29, 1.82) is 5.26 Å². The molecule has 146 valence electrons. The van der Waals surface area contributed by atoms with Crippen LogP contribution in [0.5, 0.6) is 0 Å². The Morgan fingerprint density at radius 1 is 1.21 bits per heavy atom. The minimum Gasteiger partial charge on any atom is -0.390 e. The number of nitriles is 1. The second-order valence-corrected chi connectivity index (χ2v) is 8.47. The van der Waals surface area contributed by atoms with Gasteiger partial charge in [0, 0.05) is 24.2 Å². The molecule has 28 heavy (non-hydrogen) atoms. The fourth-order valence-electron chi connectivity index (χ4n) is 5.27. The zero-order valence-electron chi connectivity index (χ0n) is 17.1. The van der Waals surface area contributed by atoms with Crippen molar-refractivity contribution in [3.05, 3.63) is 58.3 Å². The third-order valence-corrected chi connectivity index (χ3v) is 6.63. The fraction of sp³-hybridized carbons (Fsp3) is 0.478. The molecular weight excluding hydrogens is 348 g/mol. The minimum absolute atomic E-state index is 0.0248. The van der Waals surface area contributed by atoms with Gasteiger partial charge in [0.15, 0.2) is 0 Å². The Balaban J connectivity index is 1.67. The molecule has 1 aliphatic heterocycles. The Kier molecular flexibility index (Phi) is 4.65. The molecule has 4 rings (SSSR count). The first-order valence-electron chi connectivity index (χ1n) is 9.96. The van der Waals surface area contributed by atoms with Gasteiger partial charge in [-0.25, -0.2) is 4.98 Å². The number of hydrogen-bond acceptors (Lipinski definition) is 5. The molecule has 0 saturated carbocycles. The topological polar surface area (TPSA) is 63.4 Å². The highest BCUT2D eigenvalue weighted by Crippen LogP contribution is 2.52. The first-order chi connectivity index (χ1) is 13.4. The van der Waals surface area contributed by atoms with Crippen LogP contribution in [0, 0.1) is 25.2 Å². The average Bonchev–Trinajstić information content (AvgIpc) is 2.90. The van der Waals surface area contributed by atoms with Crippen molar-refractivity contribution in [3.8, 4) is 6.07 Å². The van der Waals surface area contributed by atoms with Gasteiger partial charge in [0.1, 0.15) is 11.9 Å². The van der Waals surface area contributed by atoms with Crippen LogP contribution in [0.15, 0.2) is 30.3 Å². The lowest BCUT2D eigenvalue weighted by atomic mass is 9.72. The van der Waals surface area contributed by atoms with Gasteiger partial charge < -0.3 is 14.9 Å². The van der Waals surface area contributed by atoms with Gasteiger partial charge in [-0.2, -0.15) is 5.26 Å².